The minimum atomic E-state index is -4.43. The Morgan fingerprint density at radius 3 is 2.61 bits per heavy atom. The summed E-state index contributed by atoms with van der Waals surface area (Å²) in [7, 11) is 0. The van der Waals surface area contributed by atoms with Gasteiger partial charge in [-0.3, -0.25) is 4.79 Å². The Kier molecular flexibility index (Phi) is 5.27. The molecule has 0 saturated heterocycles. The van der Waals surface area contributed by atoms with Crippen molar-refractivity contribution >= 4 is 5.97 Å². The van der Waals surface area contributed by atoms with Gasteiger partial charge in [0.2, 0.25) is 0 Å². The molecule has 2 atom stereocenters. The molecule has 3 aromatic carbocycles. The molecule has 1 N–H and O–H groups in total. The van der Waals surface area contributed by atoms with E-state index in [0.717, 1.165) is 22.8 Å². The Bertz CT molecular complexity index is 1220. The van der Waals surface area contributed by atoms with Crippen LogP contribution in [-0.4, -0.2) is 17.7 Å². The van der Waals surface area contributed by atoms with Crippen LogP contribution in [0.4, 0.5) is 13.2 Å². The second kappa shape index (κ2) is 8.14. The molecular formula is C26H21F3O4. The van der Waals surface area contributed by atoms with Gasteiger partial charge in [0.05, 0.1) is 18.6 Å². The lowest BCUT2D eigenvalue weighted by atomic mass is 9.93. The molecule has 170 valence electrons. The van der Waals surface area contributed by atoms with Crippen molar-refractivity contribution in [3.63, 3.8) is 0 Å². The Balaban J connectivity index is 1.42. The summed E-state index contributed by atoms with van der Waals surface area (Å²) in [6, 6.07) is 16.4. The molecule has 1 aliphatic carbocycles. The fourth-order valence-electron chi connectivity index (χ4n) is 4.83. The van der Waals surface area contributed by atoms with Crippen molar-refractivity contribution < 1.29 is 32.5 Å². The fraction of sp³-hybridized carbons (Fsp3) is 0.269. The first-order valence-corrected chi connectivity index (χ1v) is 10.7. The number of carbonyl (C=O) groups is 1. The number of alkyl halides is 3. The van der Waals surface area contributed by atoms with E-state index < -0.39 is 17.7 Å². The van der Waals surface area contributed by atoms with E-state index in [9.17, 15) is 18.0 Å². The zero-order valence-electron chi connectivity index (χ0n) is 17.6. The van der Waals surface area contributed by atoms with Gasteiger partial charge in [-0.25, -0.2) is 0 Å². The number of fused-ring (bicyclic) bond motifs is 2. The molecule has 33 heavy (non-hydrogen) atoms. The maximum absolute atomic E-state index is 13.6. The maximum Gasteiger partial charge on any atom is 0.417 e. The summed E-state index contributed by atoms with van der Waals surface area (Å²) in [5, 5.41) is 9.06. The van der Waals surface area contributed by atoms with Crippen molar-refractivity contribution in [3.8, 4) is 22.6 Å². The van der Waals surface area contributed by atoms with Gasteiger partial charge in [-0.15, -0.1) is 0 Å². The van der Waals surface area contributed by atoms with Gasteiger partial charge < -0.3 is 14.6 Å². The van der Waals surface area contributed by atoms with Crippen molar-refractivity contribution in [1.29, 1.82) is 0 Å². The van der Waals surface area contributed by atoms with Crippen LogP contribution < -0.4 is 9.47 Å². The van der Waals surface area contributed by atoms with E-state index in [1.807, 2.05) is 12.1 Å². The Hall–Kier alpha value is -3.48. The number of ether oxygens (including phenoxy) is 2. The lowest BCUT2D eigenvalue weighted by molar-refractivity contribution is -0.138. The molecule has 0 aromatic heterocycles. The van der Waals surface area contributed by atoms with Crippen LogP contribution >= 0.6 is 0 Å². The highest BCUT2D eigenvalue weighted by Gasteiger charge is 2.35. The topological polar surface area (TPSA) is 55.8 Å². The monoisotopic (exact) mass is 454 g/mol. The molecule has 0 bridgehead atoms. The van der Waals surface area contributed by atoms with Crippen LogP contribution in [0, 0.1) is 0 Å². The first-order valence-electron chi connectivity index (χ1n) is 10.7. The highest BCUT2D eigenvalue weighted by Crippen LogP contribution is 2.45. The maximum atomic E-state index is 13.6. The lowest BCUT2D eigenvalue weighted by Gasteiger charge is -2.18. The van der Waals surface area contributed by atoms with E-state index in [1.165, 1.54) is 12.1 Å². The number of halogens is 3. The summed E-state index contributed by atoms with van der Waals surface area (Å²) >= 11 is 0. The van der Waals surface area contributed by atoms with Gasteiger partial charge in [0, 0.05) is 17.5 Å². The zero-order chi connectivity index (χ0) is 23.2. The average Bonchev–Trinajstić information content (AvgIpc) is 3.37. The van der Waals surface area contributed by atoms with E-state index >= 15 is 0 Å². The van der Waals surface area contributed by atoms with Gasteiger partial charge in [-0.05, 0) is 47.2 Å². The quantitative estimate of drug-likeness (QED) is 0.485. The summed E-state index contributed by atoms with van der Waals surface area (Å²) in [6.45, 7) is 0.319. The smallest absolute Gasteiger partial charge is 0.417 e. The van der Waals surface area contributed by atoms with Crippen molar-refractivity contribution in [2.75, 3.05) is 6.61 Å². The van der Waals surface area contributed by atoms with Crippen molar-refractivity contribution in [2.45, 2.75) is 37.5 Å². The molecule has 5 rings (SSSR count). The standard InChI is InChI=1S/C26H21F3O4/c27-26(28,29)22-7-2-1-4-20(22)18-5-3-6-21-19(18)10-11-23(21)33-16-8-9-17-15(12-25(30)31)14-32-24(17)13-16/h1-9,13,15,23H,10-12,14H2,(H,30,31)/t15?,23-/m1/s1. The molecule has 0 amide bonds. The third kappa shape index (κ3) is 4.03. The van der Waals surface area contributed by atoms with Gasteiger partial charge >= 0.3 is 12.1 Å². The second-order valence-corrected chi connectivity index (χ2v) is 8.37. The number of carboxylic acid groups (broad SMARTS) is 1. The summed E-state index contributed by atoms with van der Waals surface area (Å²) < 4.78 is 52.6. The number of rotatable bonds is 5. The Labute approximate surface area is 188 Å². The third-order valence-electron chi connectivity index (χ3n) is 6.30. The molecule has 1 heterocycles. The van der Waals surface area contributed by atoms with Crippen LogP contribution in [0.1, 0.15) is 47.1 Å². The van der Waals surface area contributed by atoms with Gasteiger partial charge in [0.1, 0.15) is 17.6 Å². The number of carboxylic acids is 1. The van der Waals surface area contributed by atoms with Crippen LogP contribution in [0.2, 0.25) is 0 Å². The van der Waals surface area contributed by atoms with Crippen LogP contribution in [0.3, 0.4) is 0 Å². The predicted octanol–water partition coefficient (Wildman–Crippen LogP) is 6.39. The summed E-state index contributed by atoms with van der Waals surface area (Å²) in [6.07, 6.45) is -3.44. The van der Waals surface area contributed by atoms with Crippen LogP contribution in [-0.2, 0) is 17.4 Å². The number of hydrogen-bond acceptors (Lipinski definition) is 3. The minimum Gasteiger partial charge on any atom is -0.492 e. The molecule has 3 aromatic rings. The highest BCUT2D eigenvalue weighted by atomic mass is 19.4. The third-order valence-corrected chi connectivity index (χ3v) is 6.30. The lowest BCUT2D eigenvalue weighted by Crippen LogP contribution is -2.08. The van der Waals surface area contributed by atoms with Gasteiger partial charge in [-0.1, -0.05) is 42.5 Å². The predicted molar refractivity (Wildman–Crippen MR) is 116 cm³/mol. The molecule has 0 spiro atoms. The number of hydrogen-bond donors (Lipinski definition) is 1. The molecule has 0 fully saturated rings. The van der Waals surface area contributed by atoms with E-state index in [2.05, 4.69) is 0 Å². The van der Waals surface area contributed by atoms with E-state index in [1.54, 1.807) is 30.3 Å². The Morgan fingerprint density at radius 2 is 1.82 bits per heavy atom. The molecule has 1 aliphatic heterocycles. The zero-order valence-corrected chi connectivity index (χ0v) is 17.6. The van der Waals surface area contributed by atoms with Crippen molar-refractivity contribution in [1.82, 2.24) is 0 Å². The fourth-order valence-corrected chi connectivity index (χ4v) is 4.83. The van der Waals surface area contributed by atoms with Gasteiger partial charge in [0.15, 0.2) is 0 Å². The van der Waals surface area contributed by atoms with E-state index in [-0.39, 0.29) is 24.0 Å². The van der Waals surface area contributed by atoms with Crippen molar-refractivity contribution in [2.24, 2.45) is 0 Å². The highest BCUT2D eigenvalue weighted by molar-refractivity contribution is 5.73. The first kappa shape index (κ1) is 21.4. The molecule has 0 saturated carbocycles. The minimum absolute atomic E-state index is 0.00534. The second-order valence-electron chi connectivity index (χ2n) is 8.37. The van der Waals surface area contributed by atoms with Gasteiger partial charge in [-0.2, -0.15) is 13.2 Å². The molecule has 0 radical (unpaired) electrons. The number of aliphatic carboxylic acids is 1. The molecule has 7 heteroatoms. The van der Waals surface area contributed by atoms with Gasteiger partial charge in [0.25, 0.3) is 0 Å². The molecule has 4 nitrogen and oxygen atoms in total. The van der Waals surface area contributed by atoms with Crippen LogP contribution in [0.25, 0.3) is 11.1 Å². The first-order chi connectivity index (χ1) is 15.8. The summed E-state index contributed by atoms with van der Waals surface area (Å²) in [5.74, 6) is 0.144. The van der Waals surface area contributed by atoms with Crippen LogP contribution in [0.5, 0.6) is 11.5 Å². The Morgan fingerprint density at radius 1 is 1.03 bits per heavy atom. The summed E-state index contributed by atoms with van der Waals surface area (Å²) in [5.41, 5.74) is 2.73. The molecule has 2 aliphatic rings. The normalized spacial score (nSPS) is 19.0. The number of benzene rings is 3. The molecule has 1 unspecified atom stereocenters. The van der Waals surface area contributed by atoms with Crippen LogP contribution in [0.15, 0.2) is 60.7 Å². The SMILES string of the molecule is O=C(O)CC1COc2cc(O[C@@H]3CCc4c(-c5ccccc5C(F)(F)F)cccc43)ccc21. The van der Waals surface area contributed by atoms with Crippen molar-refractivity contribution in [3.05, 3.63) is 82.9 Å². The largest absolute Gasteiger partial charge is 0.492 e. The summed E-state index contributed by atoms with van der Waals surface area (Å²) in [4.78, 5) is 11.0. The van der Waals surface area contributed by atoms with E-state index in [4.69, 9.17) is 14.6 Å². The van der Waals surface area contributed by atoms with E-state index in [0.29, 0.717) is 36.5 Å². The molecular weight excluding hydrogens is 433 g/mol. The average molecular weight is 454 g/mol.